The van der Waals surface area contributed by atoms with Gasteiger partial charge in [0.05, 0.1) is 30.6 Å². The normalized spacial score (nSPS) is 16.2. The van der Waals surface area contributed by atoms with Gasteiger partial charge in [0.2, 0.25) is 12.1 Å². The molecule has 4 heterocycles. The lowest BCUT2D eigenvalue weighted by atomic mass is 9.70. The second-order valence-electron chi connectivity index (χ2n) is 11.7. The minimum atomic E-state index is -0.808. The van der Waals surface area contributed by atoms with Gasteiger partial charge in [-0.25, -0.2) is 4.98 Å². The van der Waals surface area contributed by atoms with Gasteiger partial charge in [-0.2, -0.15) is 0 Å². The number of hydrogen-bond acceptors (Lipinski definition) is 8. The molecule has 6 rings (SSSR count). The molecule has 0 saturated carbocycles. The van der Waals surface area contributed by atoms with Gasteiger partial charge in [0.15, 0.2) is 0 Å². The van der Waals surface area contributed by atoms with Gasteiger partial charge in [0, 0.05) is 39.3 Å². The lowest BCUT2D eigenvalue weighted by molar-refractivity contribution is -0.906. The van der Waals surface area contributed by atoms with Crippen LogP contribution in [0.15, 0.2) is 79.0 Å². The van der Waals surface area contributed by atoms with Crippen molar-refractivity contribution < 1.29 is 38.5 Å². The average Bonchev–Trinajstić information content (AvgIpc) is 3.02. The summed E-state index contributed by atoms with van der Waals surface area (Å²) in [5, 5.41) is 10.4. The number of ether oxygens (including phenoxy) is 4. The molecule has 2 aromatic heterocycles. The summed E-state index contributed by atoms with van der Waals surface area (Å²) in [6, 6.07) is 22.3. The maximum atomic E-state index is 12.3. The highest BCUT2D eigenvalue weighted by molar-refractivity contribution is 6.29. The SMILES string of the molecule is COC(=O)C(C)(C)C1c2ccccc2Oc2c1ccc[n+]2O.COC(=O)C(C)(C)C1c2ccccc2Oc2nc(Cl)ccc21. The van der Waals surface area contributed by atoms with E-state index < -0.39 is 10.8 Å². The van der Waals surface area contributed by atoms with Gasteiger partial charge < -0.3 is 18.9 Å². The van der Waals surface area contributed by atoms with Crippen molar-refractivity contribution >= 4 is 23.5 Å². The van der Waals surface area contributed by atoms with Gasteiger partial charge >= 0.3 is 17.8 Å². The number of carbonyl (C=O) groups excluding carboxylic acids is 2. The molecule has 2 unspecified atom stereocenters. The Bertz CT molecular complexity index is 1740. The predicted octanol–water partition coefficient (Wildman–Crippen LogP) is 6.82. The zero-order valence-electron chi connectivity index (χ0n) is 25.3. The van der Waals surface area contributed by atoms with Gasteiger partial charge in [-0.05, 0) is 58.0 Å². The number of hydrogen-bond donors (Lipinski definition) is 1. The highest BCUT2D eigenvalue weighted by atomic mass is 35.5. The Labute approximate surface area is 260 Å². The minimum Gasteiger partial charge on any atom is -0.469 e. The molecule has 2 aliphatic heterocycles. The summed E-state index contributed by atoms with van der Waals surface area (Å²) in [6.07, 6.45) is 1.50. The molecular weight excluding hydrogens is 584 g/mol. The van der Waals surface area contributed by atoms with E-state index in [1.165, 1.54) is 20.4 Å². The first-order valence-electron chi connectivity index (χ1n) is 14.0. The van der Waals surface area contributed by atoms with E-state index in [9.17, 15) is 14.8 Å². The number of benzene rings is 2. The third-order valence-corrected chi connectivity index (χ3v) is 8.39. The van der Waals surface area contributed by atoms with Crippen LogP contribution >= 0.6 is 11.6 Å². The molecule has 228 valence electrons. The number of esters is 2. The smallest absolute Gasteiger partial charge is 0.425 e. The highest BCUT2D eigenvalue weighted by Crippen LogP contribution is 2.52. The van der Waals surface area contributed by atoms with Crippen molar-refractivity contribution in [2.75, 3.05) is 14.2 Å². The van der Waals surface area contributed by atoms with Crippen molar-refractivity contribution in [3.8, 4) is 23.3 Å². The lowest BCUT2D eigenvalue weighted by Crippen LogP contribution is -2.39. The number of carbonyl (C=O) groups is 2. The van der Waals surface area contributed by atoms with E-state index in [0.717, 1.165) is 27.0 Å². The van der Waals surface area contributed by atoms with Crippen molar-refractivity contribution in [3.05, 3.63) is 106 Å². The summed E-state index contributed by atoms with van der Waals surface area (Å²) in [6.45, 7) is 7.40. The van der Waals surface area contributed by atoms with Gasteiger partial charge in [0.25, 0.3) is 0 Å². The summed E-state index contributed by atoms with van der Waals surface area (Å²) < 4.78 is 22.6. The van der Waals surface area contributed by atoms with E-state index in [0.29, 0.717) is 28.4 Å². The Morgan fingerprint density at radius 3 is 1.82 bits per heavy atom. The molecular formula is C34H34ClN2O7+. The Morgan fingerprint density at radius 1 is 0.750 bits per heavy atom. The summed E-state index contributed by atoms with van der Waals surface area (Å²) in [5.41, 5.74) is 1.85. The largest absolute Gasteiger partial charge is 0.469 e. The first kappa shape index (κ1) is 30.8. The average molecular weight is 618 g/mol. The van der Waals surface area contributed by atoms with E-state index in [-0.39, 0.29) is 23.8 Å². The Kier molecular flexibility index (Phi) is 8.27. The maximum absolute atomic E-state index is 12.3. The standard InChI is InChI=1S/C17H16ClNO3.C17H18NO4/c1-17(2,16(20)21-3)14-10-6-4-5-7-12(10)22-15-11(14)8-9-13(18)19-15;1-17(2,16(19)21-3)14-11-7-4-5-9-13(11)22-15-12(14)8-6-10-18(15)20/h4-9,14H,1-3H3;4-10,14,20H,1-3H3/q;+1. The Morgan fingerprint density at radius 2 is 1.25 bits per heavy atom. The second kappa shape index (κ2) is 11.8. The topological polar surface area (TPSA) is 108 Å². The van der Waals surface area contributed by atoms with Crippen molar-refractivity contribution in [2.24, 2.45) is 10.8 Å². The predicted molar refractivity (Wildman–Crippen MR) is 161 cm³/mol. The van der Waals surface area contributed by atoms with E-state index in [1.54, 1.807) is 12.1 Å². The molecule has 44 heavy (non-hydrogen) atoms. The van der Waals surface area contributed by atoms with Crippen LogP contribution in [0.5, 0.6) is 23.3 Å². The fourth-order valence-corrected chi connectivity index (χ4v) is 6.18. The molecule has 2 aromatic carbocycles. The van der Waals surface area contributed by atoms with Crippen LogP contribution in [0, 0.1) is 10.8 Å². The van der Waals surface area contributed by atoms with Crippen molar-refractivity contribution in [1.82, 2.24) is 4.98 Å². The Balaban J connectivity index is 0.000000175. The van der Waals surface area contributed by atoms with Gasteiger partial charge in [0.1, 0.15) is 16.7 Å². The van der Waals surface area contributed by atoms with Crippen molar-refractivity contribution in [2.45, 2.75) is 39.5 Å². The number of rotatable bonds is 4. The van der Waals surface area contributed by atoms with Crippen LogP contribution in [0.1, 0.15) is 61.8 Å². The fourth-order valence-electron chi connectivity index (χ4n) is 6.04. The minimum absolute atomic E-state index is 0.218. The third kappa shape index (κ3) is 5.32. The number of nitrogens with zero attached hydrogens (tertiary/aromatic N) is 2. The van der Waals surface area contributed by atoms with Crippen LogP contribution in [0.2, 0.25) is 5.15 Å². The van der Waals surface area contributed by atoms with Crippen molar-refractivity contribution in [1.29, 1.82) is 0 Å². The van der Waals surface area contributed by atoms with Crippen molar-refractivity contribution in [3.63, 3.8) is 0 Å². The molecule has 0 saturated heterocycles. The van der Waals surface area contributed by atoms with Gasteiger partial charge in [-0.15, -0.1) is 0 Å². The van der Waals surface area contributed by atoms with E-state index in [1.807, 2.05) is 88.4 Å². The molecule has 0 aliphatic carbocycles. The molecule has 9 nitrogen and oxygen atoms in total. The summed E-state index contributed by atoms with van der Waals surface area (Å²) >= 11 is 5.97. The Hall–Kier alpha value is -4.63. The van der Waals surface area contributed by atoms with Crippen LogP contribution in [-0.4, -0.2) is 36.3 Å². The quantitative estimate of drug-likeness (QED) is 0.115. The van der Waals surface area contributed by atoms with E-state index >= 15 is 0 Å². The molecule has 0 radical (unpaired) electrons. The number of pyridine rings is 2. The summed E-state index contributed by atoms with van der Waals surface area (Å²) in [5.74, 6) is 0.988. The third-order valence-electron chi connectivity index (χ3n) is 8.18. The van der Waals surface area contributed by atoms with Gasteiger partial charge in [-0.3, -0.25) is 14.8 Å². The molecule has 0 bridgehead atoms. The second-order valence-corrected chi connectivity index (χ2v) is 12.1. The molecule has 0 amide bonds. The van der Waals surface area contributed by atoms with Crippen LogP contribution in [0.4, 0.5) is 0 Å². The van der Waals surface area contributed by atoms with Crippen LogP contribution in [0.3, 0.4) is 0 Å². The number of fused-ring (bicyclic) bond motifs is 4. The molecule has 0 fully saturated rings. The first-order chi connectivity index (χ1) is 20.9. The number of methoxy groups -OCH3 is 2. The summed E-state index contributed by atoms with van der Waals surface area (Å²) in [7, 11) is 2.78. The van der Waals surface area contributed by atoms with Crippen LogP contribution in [0.25, 0.3) is 0 Å². The maximum Gasteiger partial charge on any atom is 0.425 e. The summed E-state index contributed by atoms with van der Waals surface area (Å²) in [4.78, 5) is 28.9. The number of aromatic nitrogens is 2. The van der Waals surface area contributed by atoms with E-state index in [2.05, 4.69) is 4.98 Å². The highest BCUT2D eigenvalue weighted by Gasteiger charge is 2.47. The number of halogens is 1. The molecule has 10 heteroatoms. The number of para-hydroxylation sites is 2. The first-order valence-corrected chi connectivity index (χ1v) is 14.4. The molecule has 0 spiro atoms. The molecule has 2 atom stereocenters. The zero-order valence-corrected chi connectivity index (χ0v) is 26.1. The van der Waals surface area contributed by atoms with E-state index in [4.69, 9.17) is 30.5 Å². The molecule has 2 aliphatic rings. The monoisotopic (exact) mass is 617 g/mol. The molecule has 1 N–H and O–H groups in total. The van der Waals surface area contributed by atoms with Crippen LogP contribution < -0.4 is 14.2 Å². The molecule has 4 aromatic rings. The lowest BCUT2D eigenvalue weighted by Gasteiger charge is -2.36. The van der Waals surface area contributed by atoms with Gasteiger partial charge in [-0.1, -0.05) is 48.0 Å². The zero-order chi connectivity index (χ0) is 31.8. The van der Waals surface area contributed by atoms with Crippen LogP contribution in [-0.2, 0) is 19.1 Å². The fraction of sp³-hybridized carbons (Fsp3) is 0.294.